The third-order valence-corrected chi connectivity index (χ3v) is 10.0. The summed E-state index contributed by atoms with van der Waals surface area (Å²) in [6.07, 6.45) is -0.519. The van der Waals surface area contributed by atoms with E-state index in [2.05, 4.69) is 19.2 Å². The first kappa shape index (κ1) is 23.8. The highest BCUT2D eigenvalue weighted by Gasteiger charge is 2.55. The molecular weight excluding hydrogens is 482 g/mol. The zero-order valence-corrected chi connectivity index (χ0v) is 21.8. The molecule has 196 valence electrons. The summed E-state index contributed by atoms with van der Waals surface area (Å²) in [6, 6.07) is 11.3. The molecule has 1 aliphatic carbocycles. The molecule has 8 heteroatoms. The van der Waals surface area contributed by atoms with E-state index < -0.39 is 18.0 Å². The number of carbonyl (C=O) groups is 3. The molecule has 2 aromatic rings. The highest BCUT2D eigenvalue weighted by molar-refractivity contribution is 6.22. The second-order valence-electron chi connectivity index (χ2n) is 12.3. The van der Waals surface area contributed by atoms with Gasteiger partial charge in [0.1, 0.15) is 45.8 Å². The van der Waals surface area contributed by atoms with Crippen molar-refractivity contribution in [1.82, 2.24) is 4.90 Å². The van der Waals surface area contributed by atoms with Gasteiger partial charge < -0.3 is 28.9 Å². The third kappa shape index (κ3) is 3.23. The molecule has 0 unspecified atom stereocenters. The van der Waals surface area contributed by atoms with Crippen LogP contribution in [0.1, 0.15) is 40.4 Å². The van der Waals surface area contributed by atoms with E-state index >= 15 is 0 Å². The van der Waals surface area contributed by atoms with E-state index in [1.807, 2.05) is 12.1 Å². The number of hydrogen-bond donors (Lipinski definition) is 1. The first-order valence-electron chi connectivity index (χ1n) is 13.6. The Bertz CT molecular complexity index is 1450. The quantitative estimate of drug-likeness (QED) is 0.401. The highest BCUT2D eigenvalue weighted by atomic mass is 16.4. The summed E-state index contributed by atoms with van der Waals surface area (Å²) in [4.78, 5) is 39.3. The lowest BCUT2D eigenvalue weighted by molar-refractivity contribution is -1.08. The van der Waals surface area contributed by atoms with Crippen molar-refractivity contribution in [3.05, 3.63) is 64.3 Å². The first-order chi connectivity index (χ1) is 18.1. The van der Waals surface area contributed by atoms with E-state index in [4.69, 9.17) is 0 Å². The number of carboxylic acids is 1. The second kappa shape index (κ2) is 7.85. The number of aliphatic carboxylic acids is 1. The number of piperazine rings is 3. The van der Waals surface area contributed by atoms with Crippen molar-refractivity contribution in [3.8, 4) is 11.1 Å². The molecule has 1 N–H and O–H groups in total. The Morgan fingerprint density at radius 1 is 1.00 bits per heavy atom. The number of hydrogen-bond acceptors (Lipinski definition) is 5. The number of quaternary nitrogens is 2. The summed E-state index contributed by atoms with van der Waals surface area (Å²) in [5.41, 5.74) is 5.23. The van der Waals surface area contributed by atoms with Gasteiger partial charge in [0.05, 0.1) is 36.8 Å². The lowest BCUT2D eigenvalue weighted by Gasteiger charge is -2.54. The van der Waals surface area contributed by atoms with Crippen LogP contribution >= 0.6 is 0 Å². The van der Waals surface area contributed by atoms with Crippen molar-refractivity contribution in [2.24, 2.45) is 5.92 Å². The van der Waals surface area contributed by atoms with Crippen LogP contribution in [0.5, 0.6) is 0 Å². The Morgan fingerprint density at radius 2 is 1.68 bits per heavy atom. The number of rotatable bonds is 5. The second-order valence-corrected chi connectivity index (χ2v) is 12.3. The number of nitrogens with zero attached hydrogens (tertiary/aromatic N) is 3. The lowest BCUT2D eigenvalue weighted by atomic mass is 9.82. The molecule has 3 atom stereocenters. The van der Waals surface area contributed by atoms with Gasteiger partial charge in [-0.15, -0.1) is 0 Å². The Morgan fingerprint density at radius 3 is 2.34 bits per heavy atom. The molecule has 4 saturated heterocycles. The van der Waals surface area contributed by atoms with Crippen LogP contribution in [0.15, 0.2) is 42.1 Å². The normalized spacial score (nSPS) is 31.7. The highest BCUT2D eigenvalue weighted by Crippen LogP contribution is 2.48. The fourth-order valence-electron chi connectivity index (χ4n) is 7.58. The van der Waals surface area contributed by atoms with Gasteiger partial charge in [-0.05, 0) is 53.8 Å². The number of likely N-dealkylation sites (N-methyl/N-ethyl adjacent to an activating group) is 1. The van der Waals surface area contributed by atoms with Crippen LogP contribution in [0, 0.1) is 5.92 Å². The average Bonchev–Trinajstić information content (AvgIpc) is 3.37. The molecule has 8 nitrogen and oxygen atoms in total. The molecule has 6 aliphatic rings. The first-order valence-corrected chi connectivity index (χ1v) is 13.6. The maximum atomic E-state index is 13.4. The zero-order chi connectivity index (χ0) is 26.6. The Kier molecular flexibility index (Phi) is 4.91. The molecule has 0 radical (unpaired) electrons. The van der Waals surface area contributed by atoms with E-state index in [0.29, 0.717) is 28.7 Å². The fourth-order valence-corrected chi connectivity index (χ4v) is 7.58. The molecule has 8 rings (SSSR count). The van der Waals surface area contributed by atoms with Crippen LogP contribution in [-0.2, 0) is 16.1 Å². The molecule has 0 saturated carbocycles. The van der Waals surface area contributed by atoms with Crippen molar-refractivity contribution in [3.63, 3.8) is 0 Å². The summed E-state index contributed by atoms with van der Waals surface area (Å²) >= 11 is 0. The van der Waals surface area contributed by atoms with Gasteiger partial charge in [0, 0.05) is 16.7 Å². The molecule has 38 heavy (non-hydrogen) atoms. The molecule has 2 bridgehead atoms. The zero-order valence-electron chi connectivity index (χ0n) is 21.8. The summed E-state index contributed by atoms with van der Waals surface area (Å²) < 4.78 is 2.28. The van der Waals surface area contributed by atoms with Gasteiger partial charge in [0.2, 0.25) is 5.91 Å². The smallest absolute Gasteiger partial charge is 0.235 e. The molecule has 1 amide bonds. The predicted molar refractivity (Wildman–Crippen MR) is 137 cm³/mol. The number of carbonyl (C=O) groups excluding carboxylic acids is 3. The van der Waals surface area contributed by atoms with Crippen molar-refractivity contribution in [1.29, 1.82) is 0 Å². The molecule has 0 aromatic heterocycles. The number of benzene rings is 2. The van der Waals surface area contributed by atoms with E-state index in [1.165, 1.54) is 54.2 Å². The Balaban J connectivity index is 1.21. The molecule has 5 heterocycles. The van der Waals surface area contributed by atoms with Gasteiger partial charge >= 0.3 is 0 Å². The minimum absolute atomic E-state index is 0.00128. The van der Waals surface area contributed by atoms with Crippen molar-refractivity contribution in [2.75, 3.05) is 46.3 Å². The van der Waals surface area contributed by atoms with E-state index in [-0.39, 0.29) is 23.4 Å². The average molecular weight is 515 g/mol. The van der Waals surface area contributed by atoms with Crippen LogP contribution in [0.2, 0.25) is 0 Å². The summed E-state index contributed by atoms with van der Waals surface area (Å²) in [5.74, 6) is -2.40. The maximum Gasteiger partial charge on any atom is 0.235 e. The minimum atomic E-state index is -1.40. The maximum absolute atomic E-state index is 13.4. The van der Waals surface area contributed by atoms with Gasteiger partial charge in [-0.3, -0.25) is 9.59 Å². The van der Waals surface area contributed by atoms with E-state index in [9.17, 15) is 24.6 Å². The van der Waals surface area contributed by atoms with E-state index in [1.54, 1.807) is 19.1 Å². The minimum Gasteiger partial charge on any atom is -0.543 e. The SMILES string of the molecule is C[C@@H](O)[C@H]1C(=O)N2C(C(=O)[O-])=C(c3ccc4c(c3)-c3ccc(C[N+]56CC[N+](C)(CC5)CC6)cc3C4=O)C[C@H]12. The number of fused-ring (bicyclic) bond motifs is 7. The van der Waals surface area contributed by atoms with Crippen molar-refractivity contribution < 1.29 is 33.6 Å². The monoisotopic (exact) mass is 514 g/mol. The number of amides is 1. The number of ketones is 1. The lowest BCUT2D eigenvalue weighted by Crippen LogP contribution is -2.73. The number of aliphatic hydroxyl groups is 1. The van der Waals surface area contributed by atoms with E-state index in [0.717, 1.165) is 22.2 Å². The number of aliphatic hydroxyl groups excluding tert-OH is 1. The molecule has 4 fully saturated rings. The largest absolute Gasteiger partial charge is 0.543 e. The van der Waals surface area contributed by atoms with Crippen LogP contribution in [-0.4, -0.2) is 95.1 Å². The van der Waals surface area contributed by atoms with Gasteiger partial charge in [0.25, 0.3) is 0 Å². The summed E-state index contributed by atoms with van der Waals surface area (Å²) in [7, 11) is 2.36. The molecule has 0 spiro atoms. The third-order valence-electron chi connectivity index (χ3n) is 10.0. The van der Waals surface area contributed by atoms with Gasteiger partial charge in [-0.1, -0.05) is 18.2 Å². The molecule has 5 aliphatic heterocycles. The fraction of sp³-hybridized carbons (Fsp3) is 0.433. The van der Waals surface area contributed by atoms with Crippen LogP contribution in [0.4, 0.5) is 0 Å². The number of β-lactam (4-membered cyclic amide) rings is 1. The Hall–Kier alpha value is -3.33. The Labute approximate surface area is 221 Å². The summed E-state index contributed by atoms with van der Waals surface area (Å²) in [6.45, 7) is 9.67. The predicted octanol–water partition coefficient (Wildman–Crippen LogP) is 0.761. The van der Waals surface area contributed by atoms with Gasteiger partial charge in [-0.2, -0.15) is 0 Å². The van der Waals surface area contributed by atoms with Gasteiger partial charge in [-0.25, -0.2) is 0 Å². The standard InChI is InChI=1S/C30H32N3O5/c1-17(34)26-25-15-22(27(30(37)38)31(25)29(26)36)19-4-6-21-23(14-19)20-5-3-18(13-24(20)28(21)35)16-33-10-7-32(2,8-11-33)9-12-33/h3-6,13-14,17,25-26,34H,7-12,15-16H2,1-2H3/q+1/t17-,25-,26-,32?,33?/m1/s1. The van der Waals surface area contributed by atoms with Crippen molar-refractivity contribution in [2.45, 2.75) is 32.0 Å². The molecular formula is C30H32N3O5+. The topological polar surface area (TPSA) is 97.7 Å². The summed E-state index contributed by atoms with van der Waals surface area (Å²) in [5, 5.41) is 22.1. The number of carboxylic acid groups (broad SMARTS) is 1. The van der Waals surface area contributed by atoms with Gasteiger partial charge in [0.15, 0.2) is 5.78 Å². The van der Waals surface area contributed by atoms with Crippen molar-refractivity contribution >= 4 is 23.2 Å². The van der Waals surface area contributed by atoms with Crippen LogP contribution in [0.3, 0.4) is 0 Å². The van der Waals surface area contributed by atoms with Crippen LogP contribution in [0.25, 0.3) is 16.7 Å². The molecule has 2 aromatic carbocycles. The van der Waals surface area contributed by atoms with Crippen LogP contribution < -0.4 is 5.11 Å².